The summed E-state index contributed by atoms with van der Waals surface area (Å²) in [5, 5.41) is 5.63. The maximum absolute atomic E-state index is 12.3. The summed E-state index contributed by atoms with van der Waals surface area (Å²) in [7, 11) is 3.15. The Labute approximate surface area is 164 Å². The summed E-state index contributed by atoms with van der Waals surface area (Å²) < 4.78 is 10.5. The van der Waals surface area contributed by atoms with Crippen LogP contribution in [0.4, 0.5) is 16.2 Å². The zero-order valence-electron chi connectivity index (χ0n) is 16.2. The van der Waals surface area contributed by atoms with Gasteiger partial charge in [-0.15, -0.1) is 0 Å². The van der Waals surface area contributed by atoms with Crippen LogP contribution < -0.4 is 25.0 Å². The number of carbonyl (C=O) groups excluding carboxylic acids is 2. The fourth-order valence-corrected chi connectivity index (χ4v) is 3.18. The average molecular weight is 383 g/mol. The molecular weight excluding hydrogens is 358 g/mol. The molecule has 0 aromatic heterocycles. The zero-order chi connectivity index (χ0) is 19.9. The third-order valence-corrected chi connectivity index (χ3v) is 4.64. The predicted octanol–water partition coefficient (Wildman–Crippen LogP) is 3.54. The monoisotopic (exact) mass is 383 g/mol. The van der Waals surface area contributed by atoms with Crippen molar-refractivity contribution in [2.45, 2.75) is 25.8 Å². The van der Waals surface area contributed by atoms with Gasteiger partial charge in [-0.25, -0.2) is 4.79 Å². The number of ether oxygens (including phenoxy) is 2. The lowest BCUT2D eigenvalue weighted by molar-refractivity contribution is -0.119. The summed E-state index contributed by atoms with van der Waals surface area (Å²) >= 11 is 0. The fraction of sp³-hybridized carbons (Fsp3) is 0.333. The van der Waals surface area contributed by atoms with Gasteiger partial charge in [0.2, 0.25) is 5.91 Å². The van der Waals surface area contributed by atoms with Crippen LogP contribution >= 0.6 is 0 Å². The predicted molar refractivity (Wildman–Crippen MR) is 108 cm³/mol. The third kappa shape index (κ3) is 4.73. The van der Waals surface area contributed by atoms with Crippen LogP contribution in [0, 0.1) is 0 Å². The number of benzene rings is 2. The summed E-state index contributed by atoms with van der Waals surface area (Å²) in [4.78, 5) is 26.1. The molecule has 0 unspecified atom stereocenters. The highest BCUT2D eigenvalue weighted by Crippen LogP contribution is 2.27. The highest BCUT2D eigenvalue weighted by Gasteiger charge is 2.19. The maximum atomic E-state index is 12.3. The van der Waals surface area contributed by atoms with E-state index in [-0.39, 0.29) is 11.9 Å². The van der Waals surface area contributed by atoms with E-state index in [0.29, 0.717) is 36.7 Å². The molecule has 148 valence electrons. The Hall–Kier alpha value is -3.22. The number of carbonyl (C=O) groups is 2. The van der Waals surface area contributed by atoms with E-state index < -0.39 is 0 Å². The van der Waals surface area contributed by atoms with Crippen LogP contribution in [0.1, 0.15) is 24.8 Å². The number of anilines is 2. The van der Waals surface area contributed by atoms with E-state index in [0.717, 1.165) is 24.1 Å². The van der Waals surface area contributed by atoms with Gasteiger partial charge in [0.05, 0.1) is 14.2 Å². The maximum Gasteiger partial charge on any atom is 0.319 e. The normalized spacial score (nSPS) is 13.8. The lowest BCUT2D eigenvalue weighted by atomic mass is 10.1. The minimum atomic E-state index is -0.322. The third-order valence-electron chi connectivity index (χ3n) is 4.64. The first-order valence-electron chi connectivity index (χ1n) is 9.27. The van der Waals surface area contributed by atoms with Crippen molar-refractivity contribution in [3.63, 3.8) is 0 Å². The summed E-state index contributed by atoms with van der Waals surface area (Å²) in [5.41, 5.74) is 2.34. The number of urea groups is 1. The van der Waals surface area contributed by atoms with Crippen LogP contribution in [-0.4, -0.2) is 32.7 Å². The fourth-order valence-electron chi connectivity index (χ4n) is 3.18. The molecule has 1 saturated heterocycles. The van der Waals surface area contributed by atoms with E-state index in [2.05, 4.69) is 10.6 Å². The molecular formula is C21H25N3O4. The van der Waals surface area contributed by atoms with Gasteiger partial charge < -0.3 is 25.0 Å². The Morgan fingerprint density at radius 1 is 1.07 bits per heavy atom. The van der Waals surface area contributed by atoms with Gasteiger partial charge in [-0.3, -0.25) is 4.79 Å². The highest BCUT2D eigenvalue weighted by atomic mass is 16.5. The van der Waals surface area contributed by atoms with E-state index in [9.17, 15) is 9.59 Å². The first-order valence-corrected chi connectivity index (χ1v) is 9.27. The summed E-state index contributed by atoms with van der Waals surface area (Å²) in [6, 6.07) is 12.5. The van der Waals surface area contributed by atoms with Crippen molar-refractivity contribution in [3.8, 4) is 11.5 Å². The molecule has 0 spiro atoms. The largest absolute Gasteiger partial charge is 0.493 e. The summed E-state index contributed by atoms with van der Waals surface area (Å²) in [6.45, 7) is 1.06. The van der Waals surface area contributed by atoms with Crippen LogP contribution in [-0.2, 0) is 11.3 Å². The molecule has 0 saturated carbocycles. The van der Waals surface area contributed by atoms with E-state index in [1.807, 2.05) is 30.3 Å². The Bertz CT molecular complexity index is 853. The van der Waals surface area contributed by atoms with Gasteiger partial charge in [-0.1, -0.05) is 12.1 Å². The van der Waals surface area contributed by atoms with Gasteiger partial charge in [0, 0.05) is 30.9 Å². The van der Waals surface area contributed by atoms with Crippen LogP contribution in [0.3, 0.4) is 0 Å². The first kappa shape index (κ1) is 19.5. The summed E-state index contributed by atoms with van der Waals surface area (Å²) in [5.74, 6) is 1.38. The summed E-state index contributed by atoms with van der Waals surface area (Å²) in [6.07, 6.45) is 2.50. The number of amides is 3. The number of hydrogen-bond donors (Lipinski definition) is 2. The molecule has 2 N–H and O–H groups in total. The topological polar surface area (TPSA) is 79.9 Å². The Morgan fingerprint density at radius 3 is 2.64 bits per heavy atom. The van der Waals surface area contributed by atoms with Crippen molar-refractivity contribution in [2.24, 2.45) is 0 Å². The SMILES string of the molecule is COc1ccc(CNC(=O)Nc2cccc(N3CCCCC3=O)c2)cc1OC. The van der Waals surface area contributed by atoms with E-state index in [1.165, 1.54) is 0 Å². The van der Waals surface area contributed by atoms with E-state index >= 15 is 0 Å². The van der Waals surface area contributed by atoms with E-state index in [1.54, 1.807) is 31.3 Å². The van der Waals surface area contributed by atoms with Crippen LogP contribution in [0.5, 0.6) is 11.5 Å². The molecule has 2 aromatic carbocycles. The van der Waals surface area contributed by atoms with Gasteiger partial charge in [-0.2, -0.15) is 0 Å². The molecule has 3 amide bonds. The van der Waals surface area contributed by atoms with Crippen molar-refractivity contribution in [3.05, 3.63) is 48.0 Å². The molecule has 0 aliphatic carbocycles. The zero-order valence-corrected chi connectivity index (χ0v) is 16.2. The molecule has 1 fully saturated rings. The minimum absolute atomic E-state index is 0.126. The molecule has 7 nitrogen and oxygen atoms in total. The smallest absolute Gasteiger partial charge is 0.319 e. The second-order valence-corrected chi connectivity index (χ2v) is 6.55. The molecule has 3 rings (SSSR count). The van der Waals surface area contributed by atoms with Gasteiger partial charge in [0.1, 0.15) is 0 Å². The molecule has 1 heterocycles. The number of nitrogens with zero attached hydrogens (tertiary/aromatic N) is 1. The number of piperidine rings is 1. The van der Waals surface area contributed by atoms with Crippen LogP contribution in [0.25, 0.3) is 0 Å². The first-order chi connectivity index (χ1) is 13.6. The number of nitrogens with one attached hydrogen (secondary N) is 2. The molecule has 1 aliphatic heterocycles. The number of rotatable bonds is 6. The number of hydrogen-bond acceptors (Lipinski definition) is 4. The van der Waals surface area contributed by atoms with Crippen LogP contribution in [0.2, 0.25) is 0 Å². The molecule has 0 bridgehead atoms. The van der Waals surface area contributed by atoms with Crippen molar-refractivity contribution >= 4 is 23.3 Å². The minimum Gasteiger partial charge on any atom is -0.493 e. The standard InChI is InChI=1S/C21H25N3O4/c1-27-18-10-9-15(12-19(18)28-2)14-22-21(26)23-16-6-5-7-17(13-16)24-11-4-3-8-20(24)25/h5-7,9-10,12-13H,3-4,8,11,14H2,1-2H3,(H2,22,23,26). The Balaban J connectivity index is 1.59. The van der Waals surface area contributed by atoms with Gasteiger partial charge in [0.25, 0.3) is 0 Å². The van der Waals surface area contributed by atoms with Gasteiger partial charge in [0.15, 0.2) is 11.5 Å². The van der Waals surface area contributed by atoms with Crippen molar-refractivity contribution in [1.29, 1.82) is 0 Å². The second-order valence-electron chi connectivity index (χ2n) is 6.55. The van der Waals surface area contributed by atoms with Crippen molar-refractivity contribution < 1.29 is 19.1 Å². The highest BCUT2D eigenvalue weighted by molar-refractivity contribution is 5.95. The van der Waals surface area contributed by atoms with Crippen LogP contribution in [0.15, 0.2) is 42.5 Å². The van der Waals surface area contributed by atoms with E-state index in [4.69, 9.17) is 9.47 Å². The Kier molecular flexibility index (Phi) is 6.37. The van der Waals surface area contributed by atoms with Crippen molar-refractivity contribution in [1.82, 2.24) is 5.32 Å². The molecule has 2 aromatic rings. The van der Waals surface area contributed by atoms with Gasteiger partial charge in [-0.05, 0) is 48.7 Å². The number of methoxy groups -OCH3 is 2. The second kappa shape index (κ2) is 9.12. The lowest BCUT2D eigenvalue weighted by Crippen LogP contribution is -2.35. The lowest BCUT2D eigenvalue weighted by Gasteiger charge is -2.27. The average Bonchev–Trinajstić information content (AvgIpc) is 2.72. The van der Waals surface area contributed by atoms with Crippen molar-refractivity contribution in [2.75, 3.05) is 31.0 Å². The van der Waals surface area contributed by atoms with Gasteiger partial charge >= 0.3 is 6.03 Å². The molecule has 7 heteroatoms. The quantitative estimate of drug-likeness (QED) is 0.800. The molecule has 1 aliphatic rings. The Morgan fingerprint density at radius 2 is 1.89 bits per heavy atom. The molecule has 28 heavy (non-hydrogen) atoms. The molecule has 0 radical (unpaired) electrons. The molecule has 0 atom stereocenters.